The SMILES string of the molecule is COc1ccc(CNc2ccc(Cl)cc2C)c(Cl)c1OC. The third kappa shape index (κ3) is 3.55. The maximum atomic E-state index is 6.36. The quantitative estimate of drug-likeness (QED) is 0.845. The van der Waals surface area contributed by atoms with Crippen molar-refractivity contribution >= 4 is 28.9 Å². The van der Waals surface area contributed by atoms with Crippen molar-refractivity contribution in [3.63, 3.8) is 0 Å². The first-order valence-electron chi connectivity index (χ1n) is 6.46. The van der Waals surface area contributed by atoms with Crippen LogP contribution in [-0.2, 0) is 6.54 Å². The lowest BCUT2D eigenvalue weighted by Gasteiger charge is -2.14. The van der Waals surface area contributed by atoms with E-state index in [2.05, 4.69) is 5.32 Å². The third-order valence-corrected chi connectivity index (χ3v) is 3.87. The standard InChI is InChI=1S/C16H17Cl2NO2/c1-10-8-12(17)5-6-13(10)19-9-11-4-7-14(20-2)16(21-3)15(11)18/h4-8,19H,9H2,1-3H3. The Labute approximate surface area is 134 Å². The molecule has 0 atom stereocenters. The Hall–Kier alpha value is -1.58. The lowest BCUT2D eigenvalue weighted by atomic mass is 10.1. The smallest absolute Gasteiger partial charge is 0.179 e. The zero-order valence-electron chi connectivity index (χ0n) is 12.2. The van der Waals surface area contributed by atoms with Crippen molar-refractivity contribution in [2.24, 2.45) is 0 Å². The Kier molecular flexibility index (Phi) is 5.21. The summed E-state index contributed by atoms with van der Waals surface area (Å²) in [4.78, 5) is 0. The van der Waals surface area contributed by atoms with Crippen molar-refractivity contribution in [2.75, 3.05) is 19.5 Å². The summed E-state index contributed by atoms with van der Waals surface area (Å²) in [6, 6.07) is 9.48. The van der Waals surface area contributed by atoms with E-state index in [0.29, 0.717) is 23.1 Å². The second kappa shape index (κ2) is 6.92. The van der Waals surface area contributed by atoms with E-state index in [9.17, 15) is 0 Å². The van der Waals surface area contributed by atoms with Crippen molar-refractivity contribution in [3.8, 4) is 11.5 Å². The number of methoxy groups -OCH3 is 2. The highest BCUT2D eigenvalue weighted by Crippen LogP contribution is 2.37. The molecule has 0 aliphatic carbocycles. The maximum Gasteiger partial charge on any atom is 0.179 e. The van der Waals surface area contributed by atoms with Crippen molar-refractivity contribution in [1.82, 2.24) is 0 Å². The summed E-state index contributed by atoms with van der Waals surface area (Å²) in [6.45, 7) is 2.59. The van der Waals surface area contributed by atoms with Gasteiger partial charge < -0.3 is 14.8 Å². The van der Waals surface area contributed by atoms with Crippen LogP contribution in [0, 0.1) is 6.92 Å². The number of halogens is 2. The Balaban J connectivity index is 2.20. The van der Waals surface area contributed by atoms with Gasteiger partial charge in [0.15, 0.2) is 11.5 Å². The van der Waals surface area contributed by atoms with E-state index >= 15 is 0 Å². The minimum atomic E-state index is 0.547. The number of rotatable bonds is 5. The van der Waals surface area contributed by atoms with E-state index in [4.69, 9.17) is 32.7 Å². The van der Waals surface area contributed by atoms with Gasteiger partial charge >= 0.3 is 0 Å². The summed E-state index contributed by atoms with van der Waals surface area (Å²) in [7, 11) is 3.16. The molecule has 0 saturated carbocycles. The van der Waals surface area contributed by atoms with E-state index < -0.39 is 0 Å². The predicted octanol–water partition coefficient (Wildman–Crippen LogP) is 4.93. The molecule has 0 aromatic heterocycles. The molecule has 2 aromatic carbocycles. The van der Waals surface area contributed by atoms with Crippen LogP contribution in [0.2, 0.25) is 10.0 Å². The average Bonchev–Trinajstić information content (AvgIpc) is 2.47. The number of hydrogen-bond acceptors (Lipinski definition) is 3. The fourth-order valence-electron chi connectivity index (χ4n) is 2.08. The van der Waals surface area contributed by atoms with Crippen molar-refractivity contribution < 1.29 is 9.47 Å². The van der Waals surface area contributed by atoms with E-state index in [1.165, 1.54) is 0 Å². The highest BCUT2D eigenvalue weighted by molar-refractivity contribution is 6.33. The van der Waals surface area contributed by atoms with Gasteiger partial charge in [-0.15, -0.1) is 0 Å². The molecule has 0 bridgehead atoms. The largest absolute Gasteiger partial charge is 0.493 e. The van der Waals surface area contributed by atoms with Crippen LogP contribution >= 0.6 is 23.2 Å². The van der Waals surface area contributed by atoms with Gasteiger partial charge in [0.1, 0.15) is 0 Å². The highest BCUT2D eigenvalue weighted by Gasteiger charge is 2.13. The number of nitrogens with one attached hydrogen (secondary N) is 1. The lowest BCUT2D eigenvalue weighted by molar-refractivity contribution is 0.355. The van der Waals surface area contributed by atoms with Gasteiger partial charge in [-0.05, 0) is 42.3 Å². The van der Waals surface area contributed by atoms with E-state index in [1.807, 2.05) is 37.3 Å². The zero-order valence-corrected chi connectivity index (χ0v) is 13.7. The van der Waals surface area contributed by atoms with Crippen LogP contribution < -0.4 is 14.8 Å². The topological polar surface area (TPSA) is 30.5 Å². The summed E-state index contributed by atoms with van der Waals surface area (Å²) >= 11 is 12.3. The molecule has 1 N–H and O–H groups in total. The summed E-state index contributed by atoms with van der Waals surface area (Å²) in [5, 5.41) is 4.62. The van der Waals surface area contributed by atoms with Crippen LogP contribution in [0.5, 0.6) is 11.5 Å². The zero-order chi connectivity index (χ0) is 15.4. The molecular formula is C16H17Cl2NO2. The molecule has 2 rings (SSSR count). The number of anilines is 1. The van der Waals surface area contributed by atoms with Crippen LogP contribution in [0.15, 0.2) is 30.3 Å². The molecular weight excluding hydrogens is 309 g/mol. The number of hydrogen-bond donors (Lipinski definition) is 1. The van der Waals surface area contributed by atoms with Crippen molar-refractivity contribution in [1.29, 1.82) is 0 Å². The molecule has 0 radical (unpaired) electrons. The monoisotopic (exact) mass is 325 g/mol. The molecule has 0 amide bonds. The molecule has 0 aliphatic rings. The minimum Gasteiger partial charge on any atom is -0.493 e. The summed E-state index contributed by atoms with van der Waals surface area (Å²) in [5.74, 6) is 1.17. The van der Waals surface area contributed by atoms with Gasteiger partial charge in [0, 0.05) is 17.3 Å². The summed E-state index contributed by atoms with van der Waals surface area (Å²) in [6.07, 6.45) is 0. The average molecular weight is 326 g/mol. The first-order chi connectivity index (χ1) is 10.1. The molecule has 0 aliphatic heterocycles. The van der Waals surface area contributed by atoms with Crippen LogP contribution in [0.4, 0.5) is 5.69 Å². The van der Waals surface area contributed by atoms with Gasteiger partial charge in [-0.1, -0.05) is 29.3 Å². The van der Waals surface area contributed by atoms with Crippen LogP contribution in [0.25, 0.3) is 0 Å². The number of aryl methyl sites for hydroxylation is 1. The van der Waals surface area contributed by atoms with Gasteiger partial charge in [0.05, 0.1) is 19.2 Å². The summed E-state index contributed by atoms with van der Waals surface area (Å²) < 4.78 is 10.5. The molecule has 3 nitrogen and oxygen atoms in total. The normalized spacial score (nSPS) is 10.3. The Morgan fingerprint density at radius 3 is 2.43 bits per heavy atom. The molecule has 21 heavy (non-hydrogen) atoms. The van der Waals surface area contributed by atoms with Crippen LogP contribution in [0.3, 0.4) is 0 Å². The Morgan fingerprint density at radius 1 is 1.05 bits per heavy atom. The van der Waals surface area contributed by atoms with Crippen LogP contribution in [0.1, 0.15) is 11.1 Å². The lowest BCUT2D eigenvalue weighted by Crippen LogP contribution is -2.03. The van der Waals surface area contributed by atoms with Gasteiger partial charge in [0.2, 0.25) is 0 Å². The van der Waals surface area contributed by atoms with Crippen LogP contribution in [-0.4, -0.2) is 14.2 Å². The van der Waals surface area contributed by atoms with E-state index in [-0.39, 0.29) is 0 Å². The molecule has 5 heteroatoms. The number of ether oxygens (including phenoxy) is 2. The van der Waals surface area contributed by atoms with Crippen molar-refractivity contribution in [3.05, 3.63) is 51.5 Å². The van der Waals surface area contributed by atoms with Gasteiger partial charge in [0.25, 0.3) is 0 Å². The fourth-order valence-corrected chi connectivity index (χ4v) is 2.61. The second-order valence-corrected chi connectivity index (χ2v) is 5.40. The number of benzene rings is 2. The molecule has 112 valence electrons. The Morgan fingerprint density at radius 2 is 1.81 bits per heavy atom. The molecule has 0 saturated heterocycles. The highest BCUT2D eigenvalue weighted by atomic mass is 35.5. The van der Waals surface area contributed by atoms with Gasteiger partial charge in [-0.2, -0.15) is 0 Å². The summed E-state index contributed by atoms with van der Waals surface area (Å²) in [5.41, 5.74) is 3.04. The van der Waals surface area contributed by atoms with E-state index in [0.717, 1.165) is 21.8 Å². The first kappa shape index (κ1) is 15.8. The van der Waals surface area contributed by atoms with Gasteiger partial charge in [-0.3, -0.25) is 0 Å². The molecule has 0 fully saturated rings. The minimum absolute atomic E-state index is 0.547. The third-order valence-electron chi connectivity index (χ3n) is 3.22. The molecule has 0 spiro atoms. The fraction of sp³-hybridized carbons (Fsp3) is 0.250. The Bertz CT molecular complexity index is 644. The molecule has 0 heterocycles. The molecule has 0 unspecified atom stereocenters. The first-order valence-corrected chi connectivity index (χ1v) is 7.21. The van der Waals surface area contributed by atoms with E-state index in [1.54, 1.807) is 14.2 Å². The maximum absolute atomic E-state index is 6.36. The van der Waals surface area contributed by atoms with Gasteiger partial charge in [-0.25, -0.2) is 0 Å². The van der Waals surface area contributed by atoms with Crippen molar-refractivity contribution in [2.45, 2.75) is 13.5 Å². The predicted molar refractivity (Wildman–Crippen MR) is 88.1 cm³/mol. The second-order valence-electron chi connectivity index (χ2n) is 4.59. The molecule has 2 aromatic rings.